The summed E-state index contributed by atoms with van der Waals surface area (Å²) in [4.78, 5) is 0. The largest absolute Gasteiger partial charge is 0.394 e. The lowest BCUT2D eigenvalue weighted by molar-refractivity contribution is -0.316. The maximum atomic E-state index is 11.5. The van der Waals surface area contributed by atoms with Crippen molar-refractivity contribution < 1.29 is 49.6 Å². The van der Waals surface area contributed by atoms with Crippen molar-refractivity contribution in [3.8, 4) is 0 Å². The Bertz CT molecular complexity index is 764. The van der Waals surface area contributed by atoms with Crippen LogP contribution in [0.1, 0.15) is 19.3 Å². The first-order valence-electron chi connectivity index (χ1n) is 14.3. The minimum Gasteiger partial charge on any atom is -0.394 e. The van der Waals surface area contributed by atoms with Crippen LogP contribution in [0.15, 0.2) is 0 Å². The fourth-order valence-corrected chi connectivity index (χ4v) is 5.40. The predicted molar refractivity (Wildman–Crippen MR) is 145 cm³/mol. The topological polar surface area (TPSA) is 312 Å². The van der Waals surface area contributed by atoms with Crippen molar-refractivity contribution in [2.75, 3.05) is 39.3 Å². The van der Waals surface area contributed by atoms with Crippen LogP contribution in [0.3, 0.4) is 0 Å². The fraction of sp³-hybridized carbons (Fsp3) is 1.00. The highest BCUT2D eigenvalue weighted by atomic mass is 16.7. The number of hydrogen-bond acceptors (Lipinski definition) is 17. The van der Waals surface area contributed by atoms with Gasteiger partial charge < -0.3 is 88.9 Å². The average Bonchev–Trinajstić information content (AvgIpc) is 2.95. The zero-order valence-corrected chi connectivity index (χ0v) is 23.2. The van der Waals surface area contributed by atoms with Crippen LogP contribution in [0.2, 0.25) is 0 Å². The SMILES string of the molecule is NCCCNC[C@H]1O[C@H](OC2[C@@H](N)C[C@@H](NCC(O)CN)[C@H](O[C@H]3O[C@H](CO)[C@@H](O)[C@H](N)[C@H]3O)[C@H]2O)[C@H](N)C[C@@H]1O. The van der Waals surface area contributed by atoms with Gasteiger partial charge in [-0.05, 0) is 32.4 Å². The molecule has 41 heavy (non-hydrogen) atoms. The molecule has 3 rings (SSSR count). The van der Waals surface area contributed by atoms with Crippen LogP contribution < -0.4 is 39.3 Å². The van der Waals surface area contributed by atoms with Crippen LogP contribution in [0.4, 0.5) is 0 Å². The van der Waals surface area contributed by atoms with Crippen LogP contribution >= 0.6 is 0 Å². The van der Waals surface area contributed by atoms with E-state index in [9.17, 15) is 30.6 Å². The Morgan fingerprint density at radius 3 is 2.20 bits per heavy atom. The molecule has 0 spiro atoms. The van der Waals surface area contributed by atoms with Gasteiger partial charge in [0.15, 0.2) is 12.6 Å². The van der Waals surface area contributed by atoms with Crippen LogP contribution in [0.5, 0.6) is 0 Å². The molecule has 0 amide bonds. The molecule has 0 aromatic rings. The summed E-state index contributed by atoms with van der Waals surface area (Å²) in [6.45, 7) is 0.975. The molecule has 3 fully saturated rings. The zero-order chi connectivity index (χ0) is 30.3. The maximum absolute atomic E-state index is 11.5. The molecule has 1 aliphatic carbocycles. The second-order valence-corrected chi connectivity index (χ2v) is 11.1. The third-order valence-electron chi connectivity index (χ3n) is 7.93. The highest BCUT2D eigenvalue weighted by Gasteiger charge is 2.51. The van der Waals surface area contributed by atoms with Crippen molar-refractivity contribution in [2.45, 2.75) is 111 Å². The van der Waals surface area contributed by atoms with Crippen molar-refractivity contribution in [1.29, 1.82) is 0 Å². The lowest BCUT2D eigenvalue weighted by Crippen LogP contribution is -2.69. The molecule has 15 atom stereocenters. The third kappa shape index (κ3) is 8.93. The van der Waals surface area contributed by atoms with E-state index in [1.54, 1.807) is 0 Å². The van der Waals surface area contributed by atoms with Crippen LogP contribution in [0, 0.1) is 0 Å². The van der Waals surface area contributed by atoms with E-state index < -0.39 is 98.3 Å². The van der Waals surface area contributed by atoms with Gasteiger partial charge in [0.2, 0.25) is 0 Å². The lowest BCUT2D eigenvalue weighted by atomic mass is 9.83. The van der Waals surface area contributed by atoms with E-state index in [1.165, 1.54) is 0 Å². The minimum absolute atomic E-state index is 0.00797. The van der Waals surface area contributed by atoms with Crippen molar-refractivity contribution in [1.82, 2.24) is 10.6 Å². The summed E-state index contributed by atoms with van der Waals surface area (Å²) in [5.41, 5.74) is 29.7. The number of hydrogen-bond donors (Lipinski definition) is 13. The number of nitrogens with two attached hydrogens (primary N) is 5. The highest BCUT2D eigenvalue weighted by Crippen LogP contribution is 2.31. The van der Waals surface area contributed by atoms with Gasteiger partial charge in [-0.3, -0.25) is 0 Å². The molecule has 2 heterocycles. The fourth-order valence-electron chi connectivity index (χ4n) is 5.40. The van der Waals surface area contributed by atoms with Gasteiger partial charge in [0.05, 0.1) is 37.0 Å². The molecule has 242 valence electrons. The summed E-state index contributed by atoms with van der Waals surface area (Å²) in [6, 6.07) is -3.31. The predicted octanol–water partition coefficient (Wildman–Crippen LogP) is -7.37. The van der Waals surface area contributed by atoms with E-state index in [2.05, 4.69) is 10.6 Å². The number of aliphatic hydroxyl groups is 6. The summed E-state index contributed by atoms with van der Waals surface area (Å²) >= 11 is 0. The molecule has 2 unspecified atom stereocenters. The molecule has 2 saturated heterocycles. The van der Waals surface area contributed by atoms with Gasteiger partial charge in [-0.2, -0.15) is 0 Å². The average molecular weight is 598 g/mol. The second-order valence-electron chi connectivity index (χ2n) is 11.1. The van der Waals surface area contributed by atoms with Gasteiger partial charge in [0.1, 0.15) is 36.6 Å². The van der Waals surface area contributed by atoms with Gasteiger partial charge in [-0.25, -0.2) is 0 Å². The zero-order valence-electron chi connectivity index (χ0n) is 23.2. The Labute approximate surface area is 239 Å². The van der Waals surface area contributed by atoms with E-state index in [0.717, 1.165) is 6.42 Å². The normalized spacial score (nSPS) is 44.6. The molecule has 17 heteroatoms. The molecular formula is C24H51N7O10. The molecular weight excluding hydrogens is 546 g/mol. The minimum atomic E-state index is -1.49. The second kappa shape index (κ2) is 16.4. The van der Waals surface area contributed by atoms with E-state index in [-0.39, 0.29) is 25.9 Å². The van der Waals surface area contributed by atoms with Gasteiger partial charge >= 0.3 is 0 Å². The standard InChI is InChI=1S/C24H51N7O10/c25-2-1-3-30-8-15-14(34)5-12(28)23(38-15)40-21-11(27)4-13(31-7-10(33)6-26)22(20(21)37)41-24-19(36)17(29)18(35)16(9-32)39-24/h10-24,30-37H,1-9,25-29H2/t10?,11-,12+,13+,14-,15+,16+,17-,18+,19+,20-,21?,22-,23+,24+/m0/s1. The molecule has 2 aliphatic heterocycles. The van der Waals surface area contributed by atoms with E-state index >= 15 is 0 Å². The maximum Gasteiger partial charge on any atom is 0.186 e. The van der Waals surface area contributed by atoms with Gasteiger partial charge in [-0.1, -0.05) is 0 Å². The molecule has 17 nitrogen and oxygen atoms in total. The molecule has 0 radical (unpaired) electrons. The molecule has 1 saturated carbocycles. The summed E-state index contributed by atoms with van der Waals surface area (Å²) in [6.07, 6.45) is -11.2. The lowest BCUT2D eigenvalue weighted by Gasteiger charge is -2.48. The first kappa shape index (κ1) is 34.8. The van der Waals surface area contributed by atoms with Crippen LogP contribution in [-0.2, 0) is 18.9 Å². The summed E-state index contributed by atoms with van der Waals surface area (Å²) < 4.78 is 23.7. The number of nitrogens with one attached hydrogen (secondary N) is 2. The molecule has 3 aliphatic rings. The number of ether oxygens (including phenoxy) is 4. The van der Waals surface area contributed by atoms with Crippen molar-refractivity contribution >= 4 is 0 Å². The number of aliphatic hydroxyl groups excluding tert-OH is 6. The molecule has 0 aromatic carbocycles. The van der Waals surface area contributed by atoms with Crippen molar-refractivity contribution in [3.63, 3.8) is 0 Å². The molecule has 0 bridgehead atoms. The monoisotopic (exact) mass is 597 g/mol. The van der Waals surface area contributed by atoms with E-state index in [1.807, 2.05) is 0 Å². The van der Waals surface area contributed by atoms with E-state index in [0.29, 0.717) is 19.6 Å². The smallest absolute Gasteiger partial charge is 0.186 e. The summed E-state index contributed by atoms with van der Waals surface area (Å²) in [5, 5.41) is 68.7. The third-order valence-corrected chi connectivity index (χ3v) is 7.93. The number of rotatable bonds is 14. The quantitative estimate of drug-likeness (QED) is 0.0827. The highest BCUT2D eigenvalue weighted by molar-refractivity contribution is 5.02. The Hall–Kier alpha value is -0.680. The van der Waals surface area contributed by atoms with Crippen LogP contribution in [0.25, 0.3) is 0 Å². The Morgan fingerprint density at radius 1 is 0.854 bits per heavy atom. The summed E-state index contributed by atoms with van der Waals surface area (Å²) in [7, 11) is 0. The first-order valence-corrected chi connectivity index (χ1v) is 14.3. The van der Waals surface area contributed by atoms with Crippen molar-refractivity contribution in [2.24, 2.45) is 28.7 Å². The van der Waals surface area contributed by atoms with Crippen molar-refractivity contribution in [3.05, 3.63) is 0 Å². The van der Waals surface area contributed by atoms with E-state index in [4.69, 9.17) is 47.6 Å². The summed E-state index contributed by atoms with van der Waals surface area (Å²) in [5.74, 6) is 0. The van der Waals surface area contributed by atoms with Gasteiger partial charge in [0.25, 0.3) is 0 Å². The Morgan fingerprint density at radius 2 is 1.54 bits per heavy atom. The molecule has 0 aromatic heterocycles. The van der Waals surface area contributed by atoms with Crippen LogP contribution in [-0.4, -0.2) is 162 Å². The molecule has 18 N–H and O–H groups in total. The van der Waals surface area contributed by atoms with Gasteiger partial charge in [-0.15, -0.1) is 0 Å². The first-order chi connectivity index (χ1) is 19.5. The Kier molecular flexibility index (Phi) is 13.9. The Balaban J connectivity index is 1.75. The van der Waals surface area contributed by atoms with Gasteiger partial charge in [0, 0.05) is 31.7 Å².